The molecule has 0 saturated heterocycles. The molecule has 0 fully saturated rings. The van der Waals surface area contributed by atoms with Crippen LogP contribution in [0.25, 0.3) is 11.8 Å². The van der Waals surface area contributed by atoms with E-state index >= 15 is 0 Å². The molecule has 51 heavy (non-hydrogen) atoms. The molecule has 1 atom stereocenters. The van der Waals surface area contributed by atoms with Crippen LogP contribution in [0.1, 0.15) is 29.7 Å². The van der Waals surface area contributed by atoms with Gasteiger partial charge in [-0.25, -0.2) is 14.2 Å². The molecule has 4 aromatic carbocycles. The van der Waals surface area contributed by atoms with Gasteiger partial charge in [-0.2, -0.15) is 0 Å². The van der Waals surface area contributed by atoms with Crippen molar-refractivity contribution in [3.05, 3.63) is 157 Å². The second-order valence-corrected chi connectivity index (χ2v) is 12.6. The Bertz CT molecular complexity index is 2430. The number of nitrogens with zero attached hydrogens (tertiary/aromatic N) is 4. The van der Waals surface area contributed by atoms with Crippen molar-refractivity contribution in [1.29, 1.82) is 0 Å². The molecule has 2 heterocycles. The fourth-order valence-corrected chi connectivity index (χ4v) is 6.97. The normalized spacial score (nSPS) is 14.0. The number of thiazole rings is 1. The van der Waals surface area contributed by atoms with Gasteiger partial charge in [0.2, 0.25) is 5.75 Å². The first-order chi connectivity index (χ1) is 24.5. The van der Waals surface area contributed by atoms with Crippen LogP contribution >= 0.6 is 27.3 Å². The standard InChI is InChI=1S/C35H24BrFN4O9S/c1-3-49-34(43)29-30(20-7-5-4-6-8-20)38-35-39(31(29)21-9-11-22(37)12-10-21)33(42)28(51-35)17-19-15-24(36)32(27(16-19)48-2)50-26-14-13-23(40(44)45)18-25(26)41(46)47/h4-18,31H,3H2,1-2H3/b28-17-/t31-/m1/s1. The average molecular weight is 776 g/mol. The zero-order valence-electron chi connectivity index (χ0n) is 26.6. The number of benzene rings is 4. The van der Waals surface area contributed by atoms with Crippen molar-refractivity contribution < 1.29 is 33.2 Å². The summed E-state index contributed by atoms with van der Waals surface area (Å²) in [6.45, 7) is 1.73. The van der Waals surface area contributed by atoms with E-state index in [2.05, 4.69) is 15.9 Å². The lowest BCUT2D eigenvalue weighted by molar-refractivity contribution is -0.394. The summed E-state index contributed by atoms with van der Waals surface area (Å²) in [6, 6.07) is 19.6. The molecular weight excluding hydrogens is 751 g/mol. The van der Waals surface area contributed by atoms with E-state index < -0.39 is 44.6 Å². The van der Waals surface area contributed by atoms with E-state index in [-0.39, 0.29) is 43.2 Å². The Balaban J connectivity index is 1.50. The lowest BCUT2D eigenvalue weighted by Gasteiger charge is -2.25. The van der Waals surface area contributed by atoms with Crippen LogP contribution < -0.4 is 24.4 Å². The number of methoxy groups -OCH3 is 1. The van der Waals surface area contributed by atoms with Crippen molar-refractivity contribution in [1.82, 2.24) is 4.57 Å². The highest BCUT2D eigenvalue weighted by Crippen LogP contribution is 2.43. The Morgan fingerprint density at radius 3 is 2.39 bits per heavy atom. The molecule has 0 N–H and O–H groups in total. The molecule has 0 amide bonds. The van der Waals surface area contributed by atoms with E-state index in [0.717, 1.165) is 29.5 Å². The largest absolute Gasteiger partial charge is 0.493 e. The predicted octanol–water partition coefficient (Wildman–Crippen LogP) is 6.45. The van der Waals surface area contributed by atoms with Crippen molar-refractivity contribution in [3.63, 3.8) is 0 Å². The van der Waals surface area contributed by atoms with Crippen LogP contribution in [0.15, 0.2) is 105 Å². The van der Waals surface area contributed by atoms with Crippen molar-refractivity contribution in [2.24, 2.45) is 4.99 Å². The molecule has 0 unspecified atom stereocenters. The van der Waals surface area contributed by atoms with Crippen LogP contribution in [0.4, 0.5) is 15.8 Å². The smallest absolute Gasteiger partial charge is 0.338 e. The number of carbonyl (C=O) groups excluding carboxylic acids is 1. The van der Waals surface area contributed by atoms with Crippen LogP contribution in [0.5, 0.6) is 17.2 Å². The SMILES string of the molecule is CCOC(=O)C1=C(c2ccccc2)N=c2s/c(=C\c3cc(Br)c(Oc4ccc([N+](=O)[O-])cc4[N+](=O)[O-])c(OC)c3)c(=O)n2[C@@H]1c1ccc(F)cc1. The highest BCUT2D eigenvalue weighted by Gasteiger charge is 2.35. The molecule has 0 saturated carbocycles. The van der Waals surface area contributed by atoms with Crippen LogP contribution in [0.3, 0.4) is 0 Å². The summed E-state index contributed by atoms with van der Waals surface area (Å²) in [7, 11) is 1.35. The summed E-state index contributed by atoms with van der Waals surface area (Å²) in [5.41, 5.74) is 0.353. The Morgan fingerprint density at radius 1 is 1.02 bits per heavy atom. The minimum Gasteiger partial charge on any atom is -0.493 e. The highest BCUT2D eigenvalue weighted by atomic mass is 79.9. The molecule has 6 rings (SSSR count). The Labute approximate surface area is 299 Å². The van der Waals surface area contributed by atoms with E-state index in [1.54, 1.807) is 43.3 Å². The first-order valence-electron chi connectivity index (χ1n) is 15.0. The fraction of sp³-hybridized carbons (Fsp3) is 0.114. The van der Waals surface area contributed by atoms with Crippen LogP contribution in [0.2, 0.25) is 0 Å². The molecular formula is C35H24BrFN4O9S. The number of fused-ring (bicyclic) bond motifs is 1. The van der Waals surface area contributed by atoms with Crippen molar-refractivity contribution >= 4 is 56.4 Å². The number of rotatable bonds is 10. The minimum absolute atomic E-state index is 0.0379. The molecule has 1 aliphatic rings. The van der Waals surface area contributed by atoms with Gasteiger partial charge in [0.15, 0.2) is 16.3 Å². The molecule has 1 aliphatic heterocycles. The van der Waals surface area contributed by atoms with Crippen LogP contribution in [0, 0.1) is 26.0 Å². The van der Waals surface area contributed by atoms with Gasteiger partial charge in [0.1, 0.15) is 5.82 Å². The van der Waals surface area contributed by atoms with Gasteiger partial charge in [0.05, 0.1) is 55.9 Å². The van der Waals surface area contributed by atoms with Gasteiger partial charge in [-0.15, -0.1) is 0 Å². The van der Waals surface area contributed by atoms with Crippen LogP contribution in [-0.4, -0.2) is 34.1 Å². The first-order valence-corrected chi connectivity index (χ1v) is 16.6. The minimum atomic E-state index is -1.01. The number of halogens is 2. The first kappa shape index (κ1) is 34.8. The number of ether oxygens (including phenoxy) is 3. The maximum Gasteiger partial charge on any atom is 0.338 e. The van der Waals surface area contributed by atoms with Gasteiger partial charge in [-0.3, -0.25) is 29.6 Å². The number of hydrogen-bond donors (Lipinski definition) is 0. The van der Waals surface area contributed by atoms with Gasteiger partial charge in [-0.05, 0) is 70.4 Å². The van der Waals surface area contributed by atoms with Gasteiger partial charge < -0.3 is 14.2 Å². The topological polar surface area (TPSA) is 165 Å². The summed E-state index contributed by atoms with van der Waals surface area (Å²) >= 11 is 4.48. The van der Waals surface area contributed by atoms with Crippen molar-refractivity contribution in [2.45, 2.75) is 13.0 Å². The second kappa shape index (κ2) is 14.5. The third-order valence-corrected chi connectivity index (χ3v) is 9.24. The maximum atomic E-state index is 14.2. The van der Waals surface area contributed by atoms with E-state index in [0.29, 0.717) is 22.4 Å². The Morgan fingerprint density at radius 2 is 1.75 bits per heavy atom. The number of nitro groups is 2. The highest BCUT2D eigenvalue weighted by molar-refractivity contribution is 9.10. The number of carbonyl (C=O) groups is 1. The zero-order chi connectivity index (χ0) is 36.4. The quantitative estimate of drug-likeness (QED) is 0.0880. The number of nitro benzene ring substituents is 2. The maximum absolute atomic E-state index is 14.2. The fourth-order valence-electron chi connectivity index (χ4n) is 5.43. The average Bonchev–Trinajstić information content (AvgIpc) is 3.43. The van der Waals surface area contributed by atoms with E-state index in [1.807, 2.05) is 6.07 Å². The monoisotopic (exact) mass is 774 g/mol. The summed E-state index contributed by atoms with van der Waals surface area (Å²) in [6.07, 6.45) is 1.58. The molecule has 258 valence electrons. The third-order valence-electron chi connectivity index (χ3n) is 7.67. The molecule has 0 aliphatic carbocycles. The van der Waals surface area contributed by atoms with Gasteiger partial charge >= 0.3 is 11.7 Å². The summed E-state index contributed by atoms with van der Waals surface area (Å²) in [5.74, 6) is -1.28. The van der Waals surface area contributed by atoms with Gasteiger partial charge in [0, 0.05) is 11.6 Å². The molecule has 5 aromatic rings. The lowest BCUT2D eigenvalue weighted by Crippen LogP contribution is -2.40. The molecule has 16 heteroatoms. The number of non-ortho nitro benzene ring substituents is 1. The van der Waals surface area contributed by atoms with Gasteiger partial charge in [0.25, 0.3) is 11.2 Å². The third kappa shape index (κ3) is 6.91. The molecule has 13 nitrogen and oxygen atoms in total. The lowest BCUT2D eigenvalue weighted by atomic mass is 9.93. The number of esters is 1. The zero-order valence-corrected chi connectivity index (χ0v) is 29.0. The summed E-state index contributed by atoms with van der Waals surface area (Å²) in [5, 5.41) is 22.9. The number of aromatic nitrogens is 1. The molecule has 1 aromatic heterocycles. The van der Waals surface area contributed by atoms with E-state index in [4.69, 9.17) is 19.2 Å². The van der Waals surface area contributed by atoms with Crippen molar-refractivity contribution in [3.8, 4) is 17.2 Å². The Hall–Kier alpha value is -6.00. The van der Waals surface area contributed by atoms with E-state index in [1.165, 1.54) is 42.0 Å². The van der Waals surface area contributed by atoms with Crippen LogP contribution in [-0.2, 0) is 9.53 Å². The van der Waals surface area contributed by atoms with Gasteiger partial charge in [-0.1, -0.05) is 53.8 Å². The van der Waals surface area contributed by atoms with Crippen molar-refractivity contribution in [2.75, 3.05) is 13.7 Å². The second-order valence-electron chi connectivity index (χ2n) is 10.8. The Kier molecular flexibility index (Phi) is 9.88. The van der Waals surface area contributed by atoms with E-state index in [9.17, 15) is 34.2 Å². The predicted molar refractivity (Wildman–Crippen MR) is 188 cm³/mol. The molecule has 0 bridgehead atoms. The summed E-state index contributed by atoms with van der Waals surface area (Å²) < 4.78 is 32.8. The number of hydrogen-bond acceptors (Lipinski definition) is 11. The summed E-state index contributed by atoms with van der Waals surface area (Å²) in [4.78, 5) is 54.2. The molecule has 0 spiro atoms. The molecule has 0 radical (unpaired) electrons.